The molecule has 0 radical (unpaired) electrons. The maximum Gasteiger partial charge on any atom is 0.240 e. The van der Waals surface area contributed by atoms with E-state index in [4.69, 9.17) is 0 Å². The van der Waals surface area contributed by atoms with Crippen molar-refractivity contribution in [3.8, 4) is 0 Å². The van der Waals surface area contributed by atoms with E-state index in [0.29, 0.717) is 11.8 Å². The fourth-order valence-corrected chi connectivity index (χ4v) is 3.84. The molecule has 0 saturated carbocycles. The molecule has 2 aromatic carbocycles. The van der Waals surface area contributed by atoms with Crippen molar-refractivity contribution in [3.05, 3.63) is 65.2 Å². The molecule has 1 aliphatic heterocycles. The van der Waals surface area contributed by atoms with E-state index in [1.54, 1.807) is 0 Å². The van der Waals surface area contributed by atoms with E-state index in [9.17, 15) is 5.11 Å². The van der Waals surface area contributed by atoms with Gasteiger partial charge in [0.15, 0.2) is 0 Å². The molecule has 1 aliphatic rings. The molecule has 1 heterocycles. The molecule has 27 heavy (non-hydrogen) atoms. The maximum absolute atomic E-state index is 10.0. The number of para-hydroxylation sites is 1. The molecule has 3 rings (SSSR count). The molecule has 0 spiro atoms. The van der Waals surface area contributed by atoms with Crippen LogP contribution in [0.15, 0.2) is 48.5 Å². The van der Waals surface area contributed by atoms with Gasteiger partial charge in [-0.3, -0.25) is 4.58 Å². The number of nitrogens with zero attached hydrogens (tertiary/aromatic N) is 2. The van der Waals surface area contributed by atoms with Crippen LogP contribution in [0.2, 0.25) is 0 Å². The van der Waals surface area contributed by atoms with Crippen LogP contribution < -0.4 is 17.3 Å². The third kappa shape index (κ3) is 4.53. The molecule has 0 bridgehead atoms. The highest BCUT2D eigenvalue weighted by Crippen LogP contribution is 2.35. The van der Waals surface area contributed by atoms with Crippen LogP contribution in [0, 0.1) is 0 Å². The van der Waals surface area contributed by atoms with Gasteiger partial charge >= 0.3 is 0 Å². The van der Waals surface area contributed by atoms with Gasteiger partial charge in [0.1, 0.15) is 24.8 Å². The van der Waals surface area contributed by atoms with E-state index in [1.165, 1.54) is 16.8 Å². The predicted molar refractivity (Wildman–Crippen MR) is 109 cm³/mol. The van der Waals surface area contributed by atoms with Crippen molar-refractivity contribution in [2.45, 2.75) is 45.6 Å². The predicted octanol–water partition coefficient (Wildman–Crippen LogP) is 1.53. The van der Waals surface area contributed by atoms with Gasteiger partial charge in [-0.05, 0) is 17.4 Å². The molecule has 0 amide bonds. The zero-order chi connectivity index (χ0) is 18.7. The monoisotopic (exact) mass is 386 g/mol. The Labute approximate surface area is 169 Å². The van der Waals surface area contributed by atoms with Crippen LogP contribution in [0.25, 0.3) is 0 Å². The fraction of sp³-hybridized carbons (Fsp3) is 0.435. The van der Waals surface area contributed by atoms with E-state index in [1.807, 2.05) is 18.2 Å². The number of hydrogen-bond donors (Lipinski definition) is 1. The molecule has 0 saturated heterocycles. The van der Waals surface area contributed by atoms with Crippen LogP contribution in [-0.2, 0) is 0 Å². The van der Waals surface area contributed by atoms with Gasteiger partial charge in [-0.1, -0.05) is 76.2 Å². The first-order chi connectivity index (χ1) is 12.5. The second-order valence-electron chi connectivity index (χ2n) is 7.75. The molecular weight excluding hydrogens is 356 g/mol. The number of benzene rings is 2. The summed E-state index contributed by atoms with van der Waals surface area (Å²) in [6.07, 6.45) is 2.21. The highest BCUT2D eigenvalue weighted by atomic mass is 35.5. The topological polar surface area (TPSA) is 26.5 Å². The lowest BCUT2D eigenvalue weighted by atomic mass is 9.92. The van der Waals surface area contributed by atoms with E-state index >= 15 is 0 Å². The molecule has 1 atom stereocenters. The molecule has 0 aliphatic carbocycles. The van der Waals surface area contributed by atoms with Gasteiger partial charge in [0.2, 0.25) is 6.34 Å². The zero-order valence-corrected chi connectivity index (χ0v) is 17.5. The average Bonchev–Trinajstić information content (AvgIpc) is 3.12. The first-order valence-corrected chi connectivity index (χ1v) is 9.69. The van der Waals surface area contributed by atoms with Crippen molar-refractivity contribution in [1.82, 2.24) is 0 Å². The summed E-state index contributed by atoms with van der Waals surface area (Å²) in [4.78, 5) is 2.39. The normalized spacial score (nSPS) is 15.1. The molecule has 0 unspecified atom stereocenters. The Kier molecular flexibility index (Phi) is 7.46. The number of aliphatic hydroxyl groups is 1. The fourth-order valence-electron chi connectivity index (χ4n) is 3.84. The Balaban J connectivity index is 0.00000261. The van der Waals surface area contributed by atoms with Crippen LogP contribution in [0.4, 0.5) is 5.69 Å². The van der Waals surface area contributed by atoms with Crippen molar-refractivity contribution < 1.29 is 22.1 Å². The molecule has 146 valence electrons. The molecule has 1 N–H and O–H groups in total. The minimum atomic E-state index is 0. The van der Waals surface area contributed by atoms with Gasteiger partial charge in [0, 0.05) is 11.1 Å². The zero-order valence-electron chi connectivity index (χ0n) is 16.8. The van der Waals surface area contributed by atoms with E-state index in [0.717, 1.165) is 18.7 Å². The number of halogens is 1. The molecule has 2 aromatic rings. The quantitative estimate of drug-likeness (QED) is 0.762. The number of aliphatic hydroxyl groups excluding tert-OH is 1. The number of hydrogen-bond acceptors (Lipinski definition) is 2. The minimum absolute atomic E-state index is 0. The third-order valence-electron chi connectivity index (χ3n) is 5.27. The van der Waals surface area contributed by atoms with E-state index in [-0.39, 0.29) is 25.1 Å². The smallest absolute Gasteiger partial charge is 0.240 e. The maximum atomic E-state index is 10.0. The van der Waals surface area contributed by atoms with Crippen LogP contribution in [0.3, 0.4) is 0 Å². The first-order valence-electron chi connectivity index (χ1n) is 9.69. The molecule has 0 fully saturated rings. The lowest BCUT2D eigenvalue weighted by Gasteiger charge is -2.20. The van der Waals surface area contributed by atoms with Crippen LogP contribution >= 0.6 is 0 Å². The highest BCUT2D eigenvalue weighted by molar-refractivity contribution is 5.81. The van der Waals surface area contributed by atoms with Gasteiger partial charge < -0.3 is 17.5 Å². The van der Waals surface area contributed by atoms with Crippen LogP contribution in [-0.4, -0.2) is 35.7 Å². The summed E-state index contributed by atoms with van der Waals surface area (Å²) in [5.41, 5.74) is 5.31. The Morgan fingerprint density at radius 1 is 0.926 bits per heavy atom. The van der Waals surface area contributed by atoms with E-state index < -0.39 is 0 Å². The van der Waals surface area contributed by atoms with Crippen molar-refractivity contribution >= 4 is 12.0 Å². The van der Waals surface area contributed by atoms with Crippen molar-refractivity contribution in [1.29, 1.82) is 0 Å². The van der Waals surface area contributed by atoms with Gasteiger partial charge in [-0.25, -0.2) is 4.90 Å². The van der Waals surface area contributed by atoms with Gasteiger partial charge in [0.05, 0.1) is 6.61 Å². The number of anilines is 1. The third-order valence-corrected chi connectivity index (χ3v) is 5.27. The largest absolute Gasteiger partial charge is 1.00 e. The summed E-state index contributed by atoms with van der Waals surface area (Å²) in [6.45, 7) is 11.0. The molecule has 3 nitrogen and oxygen atoms in total. The second-order valence-corrected chi connectivity index (χ2v) is 7.75. The Bertz CT molecular complexity index is 745. The van der Waals surface area contributed by atoms with Crippen molar-refractivity contribution in [2.75, 3.05) is 24.6 Å². The molecular formula is C23H31ClN2O. The van der Waals surface area contributed by atoms with Crippen LogP contribution in [0.1, 0.15) is 62.3 Å². The lowest BCUT2D eigenvalue weighted by molar-refractivity contribution is -0.562. The summed E-state index contributed by atoms with van der Waals surface area (Å²) >= 11 is 0. The summed E-state index contributed by atoms with van der Waals surface area (Å²) in [7, 11) is 0. The summed E-state index contributed by atoms with van der Waals surface area (Å²) in [5, 5.41) is 10.0. The van der Waals surface area contributed by atoms with Crippen molar-refractivity contribution in [2.24, 2.45) is 0 Å². The summed E-state index contributed by atoms with van der Waals surface area (Å²) in [6, 6.07) is 17.0. The standard InChI is InChI=1S/C23H31N2O.ClH/c1-17(2)20-11-8-12-21(18(3)4)23(20)25-14-13-24(16-25)22(15-26)19-9-6-5-7-10-19;/h5-12,16-18,22,26H,13-15H2,1-4H3;1H/q+1;/p-1/t22-;/m1./s1. The summed E-state index contributed by atoms with van der Waals surface area (Å²) in [5.74, 6) is 0.961. The average molecular weight is 387 g/mol. The molecule has 0 aromatic heterocycles. The highest BCUT2D eigenvalue weighted by Gasteiger charge is 2.31. The summed E-state index contributed by atoms with van der Waals surface area (Å²) < 4.78 is 2.27. The lowest BCUT2D eigenvalue weighted by Crippen LogP contribution is -3.00. The van der Waals surface area contributed by atoms with Crippen molar-refractivity contribution in [3.63, 3.8) is 0 Å². The Hall–Kier alpha value is -1.84. The number of rotatable bonds is 6. The Morgan fingerprint density at radius 2 is 1.52 bits per heavy atom. The Morgan fingerprint density at radius 3 is 2.04 bits per heavy atom. The van der Waals surface area contributed by atoms with Gasteiger partial charge in [-0.2, -0.15) is 0 Å². The van der Waals surface area contributed by atoms with Gasteiger partial charge in [0.25, 0.3) is 0 Å². The first kappa shape index (κ1) is 21.5. The van der Waals surface area contributed by atoms with E-state index in [2.05, 4.69) is 73.8 Å². The SMILES string of the molecule is CC(C)c1cccc(C(C)C)c1N1C=[N+]([C@H](CO)c2ccccc2)CC1.[Cl-]. The van der Waals surface area contributed by atoms with Crippen LogP contribution in [0.5, 0.6) is 0 Å². The van der Waals surface area contributed by atoms with Gasteiger partial charge in [-0.15, -0.1) is 0 Å². The molecule has 4 heteroatoms. The minimum Gasteiger partial charge on any atom is -1.00 e. The second kappa shape index (κ2) is 9.38.